The standard InChI is InChI=1S/C19H18N2O3/c20-12-6-13-21(14-11-15-7-2-1-3-8-15)18(22)16-9-4-5-10-17(16)19(23)24/h1-5,7-10H,6,11,13-14H2,(H,23,24). The molecular formula is C19H18N2O3. The smallest absolute Gasteiger partial charge is 0.336 e. The number of aromatic carboxylic acids is 1. The monoisotopic (exact) mass is 322 g/mol. The highest BCUT2D eigenvalue weighted by molar-refractivity contribution is 6.04. The van der Waals surface area contributed by atoms with Crippen molar-refractivity contribution < 1.29 is 14.7 Å². The Balaban J connectivity index is 2.19. The molecule has 2 aromatic carbocycles. The summed E-state index contributed by atoms with van der Waals surface area (Å²) in [6.45, 7) is 0.703. The molecule has 0 saturated heterocycles. The second-order valence-electron chi connectivity index (χ2n) is 5.29. The first kappa shape index (κ1) is 17.2. The predicted molar refractivity (Wildman–Crippen MR) is 89.7 cm³/mol. The highest BCUT2D eigenvalue weighted by Gasteiger charge is 2.21. The molecule has 0 aliphatic rings. The highest BCUT2D eigenvalue weighted by Crippen LogP contribution is 2.13. The van der Waals surface area contributed by atoms with Crippen molar-refractivity contribution in [1.29, 1.82) is 5.26 Å². The Bertz CT molecular complexity index is 751. The van der Waals surface area contributed by atoms with E-state index in [1.165, 1.54) is 17.0 Å². The van der Waals surface area contributed by atoms with E-state index in [0.717, 1.165) is 5.56 Å². The summed E-state index contributed by atoms with van der Waals surface area (Å²) in [5.41, 5.74) is 1.21. The maximum Gasteiger partial charge on any atom is 0.336 e. The molecule has 2 aromatic rings. The summed E-state index contributed by atoms with van der Waals surface area (Å²) in [4.78, 5) is 25.6. The average molecular weight is 322 g/mol. The maximum atomic E-state index is 12.8. The lowest BCUT2D eigenvalue weighted by atomic mass is 10.1. The minimum absolute atomic E-state index is 0.0239. The lowest BCUT2D eigenvalue weighted by Crippen LogP contribution is -2.34. The van der Waals surface area contributed by atoms with Crippen LogP contribution in [0, 0.1) is 11.3 Å². The minimum atomic E-state index is -1.14. The zero-order chi connectivity index (χ0) is 17.4. The van der Waals surface area contributed by atoms with Gasteiger partial charge in [0.2, 0.25) is 0 Å². The van der Waals surface area contributed by atoms with Crippen molar-refractivity contribution >= 4 is 11.9 Å². The van der Waals surface area contributed by atoms with Crippen LogP contribution in [0.4, 0.5) is 0 Å². The van der Waals surface area contributed by atoms with Crippen LogP contribution >= 0.6 is 0 Å². The first-order chi connectivity index (χ1) is 11.6. The van der Waals surface area contributed by atoms with Crippen LogP contribution in [0.15, 0.2) is 54.6 Å². The Morgan fingerprint density at radius 1 is 0.958 bits per heavy atom. The number of rotatable bonds is 7. The molecule has 0 heterocycles. The van der Waals surface area contributed by atoms with Gasteiger partial charge >= 0.3 is 5.97 Å². The second kappa shape index (κ2) is 8.49. The van der Waals surface area contributed by atoms with Crippen LogP contribution in [0.25, 0.3) is 0 Å². The van der Waals surface area contributed by atoms with E-state index >= 15 is 0 Å². The number of benzene rings is 2. The summed E-state index contributed by atoms with van der Waals surface area (Å²) in [5, 5.41) is 18.1. The van der Waals surface area contributed by atoms with Gasteiger partial charge in [-0.25, -0.2) is 4.79 Å². The van der Waals surface area contributed by atoms with Gasteiger partial charge in [0, 0.05) is 13.1 Å². The third-order valence-corrected chi connectivity index (χ3v) is 3.68. The van der Waals surface area contributed by atoms with Crippen molar-refractivity contribution in [2.24, 2.45) is 0 Å². The maximum absolute atomic E-state index is 12.8. The summed E-state index contributed by atoms with van der Waals surface area (Å²) in [5.74, 6) is -1.50. The van der Waals surface area contributed by atoms with Crippen LogP contribution in [-0.2, 0) is 6.42 Å². The molecule has 2 rings (SSSR count). The number of carboxylic acids is 1. The summed E-state index contributed by atoms with van der Waals surface area (Å²) in [6, 6.07) is 17.9. The van der Waals surface area contributed by atoms with Gasteiger partial charge in [-0.2, -0.15) is 5.26 Å². The van der Waals surface area contributed by atoms with Gasteiger partial charge in [-0.3, -0.25) is 4.79 Å². The SMILES string of the molecule is N#CCCN(CCc1ccccc1)C(=O)c1ccccc1C(=O)O. The van der Waals surface area contributed by atoms with Gasteiger partial charge in [-0.05, 0) is 24.1 Å². The van der Waals surface area contributed by atoms with E-state index in [4.69, 9.17) is 5.26 Å². The fourth-order valence-electron chi connectivity index (χ4n) is 2.44. The second-order valence-corrected chi connectivity index (χ2v) is 5.29. The topological polar surface area (TPSA) is 81.4 Å². The number of nitriles is 1. The molecular weight excluding hydrogens is 304 g/mol. The Morgan fingerprint density at radius 2 is 1.58 bits per heavy atom. The molecule has 0 aliphatic heterocycles. The van der Waals surface area contributed by atoms with Crippen molar-refractivity contribution in [3.8, 4) is 6.07 Å². The Hall–Kier alpha value is -3.13. The normalized spacial score (nSPS) is 9.96. The van der Waals surface area contributed by atoms with Crippen LogP contribution in [0.3, 0.4) is 0 Å². The number of nitrogens with zero attached hydrogens (tertiary/aromatic N) is 2. The van der Waals surface area contributed by atoms with Crippen LogP contribution in [0.2, 0.25) is 0 Å². The van der Waals surface area contributed by atoms with E-state index in [1.807, 2.05) is 36.4 Å². The van der Waals surface area contributed by atoms with Crippen molar-refractivity contribution in [2.45, 2.75) is 12.8 Å². The predicted octanol–water partition coefficient (Wildman–Crippen LogP) is 2.98. The Morgan fingerprint density at radius 3 is 2.21 bits per heavy atom. The molecule has 0 atom stereocenters. The fourth-order valence-corrected chi connectivity index (χ4v) is 2.44. The number of carboxylic acid groups (broad SMARTS) is 1. The molecule has 0 saturated carbocycles. The van der Waals surface area contributed by atoms with Crippen molar-refractivity contribution in [1.82, 2.24) is 4.90 Å². The van der Waals surface area contributed by atoms with E-state index in [0.29, 0.717) is 13.0 Å². The zero-order valence-corrected chi connectivity index (χ0v) is 13.2. The van der Waals surface area contributed by atoms with Crippen LogP contribution in [0.1, 0.15) is 32.7 Å². The largest absolute Gasteiger partial charge is 0.478 e. The molecule has 0 bridgehead atoms. The molecule has 24 heavy (non-hydrogen) atoms. The number of carbonyl (C=O) groups excluding carboxylic acids is 1. The third-order valence-electron chi connectivity index (χ3n) is 3.68. The molecule has 0 fully saturated rings. The molecule has 0 radical (unpaired) electrons. The van der Waals surface area contributed by atoms with Gasteiger partial charge in [0.15, 0.2) is 0 Å². The number of hydrogen-bond acceptors (Lipinski definition) is 3. The van der Waals surface area contributed by atoms with Gasteiger partial charge in [0.1, 0.15) is 0 Å². The average Bonchev–Trinajstić information content (AvgIpc) is 2.62. The van der Waals surface area contributed by atoms with Gasteiger partial charge in [0.05, 0.1) is 23.6 Å². The van der Waals surface area contributed by atoms with Crippen LogP contribution in [0.5, 0.6) is 0 Å². The molecule has 0 aromatic heterocycles. The van der Waals surface area contributed by atoms with Crippen molar-refractivity contribution in [3.05, 3.63) is 71.3 Å². The zero-order valence-electron chi connectivity index (χ0n) is 13.2. The van der Waals surface area contributed by atoms with Crippen molar-refractivity contribution in [3.63, 3.8) is 0 Å². The molecule has 0 spiro atoms. The van der Waals surface area contributed by atoms with E-state index in [1.54, 1.807) is 12.1 Å². The number of amides is 1. The molecule has 1 N–H and O–H groups in total. The van der Waals surface area contributed by atoms with Gasteiger partial charge in [0.25, 0.3) is 5.91 Å². The lowest BCUT2D eigenvalue weighted by Gasteiger charge is -2.22. The first-order valence-electron chi connectivity index (χ1n) is 7.66. The summed E-state index contributed by atoms with van der Waals surface area (Å²) >= 11 is 0. The molecule has 5 nitrogen and oxygen atoms in total. The summed E-state index contributed by atoms with van der Waals surface area (Å²) in [7, 11) is 0. The molecule has 5 heteroatoms. The van der Waals surface area contributed by atoms with E-state index in [9.17, 15) is 14.7 Å². The molecule has 0 unspecified atom stereocenters. The minimum Gasteiger partial charge on any atom is -0.478 e. The fraction of sp³-hybridized carbons (Fsp3) is 0.211. The first-order valence-corrected chi connectivity index (χ1v) is 7.66. The van der Waals surface area contributed by atoms with Crippen molar-refractivity contribution in [2.75, 3.05) is 13.1 Å². The number of carbonyl (C=O) groups is 2. The molecule has 1 amide bonds. The summed E-state index contributed by atoms with van der Waals surface area (Å²) < 4.78 is 0. The van der Waals surface area contributed by atoms with Gasteiger partial charge in [-0.1, -0.05) is 42.5 Å². The van der Waals surface area contributed by atoms with Gasteiger partial charge in [-0.15, -0.1) is 0 Å². The summed E-state index contributed by atoms with van der Waals surface area (Å²) in [6.07, 6.45) is 0.850. The van der Waals surface area contributed by atoms with E-state index < -0.39 is 5.97 Å². The van der Waals surface area contributed by atoms with Crippen LogP contribution in [-0.4, -0.2) is 35.0 Å². The third kappa shape index (κ3) is 4.43. The van der Waals surface area contributed by atoms with E-state index in [2.05, 4.69) is 0 Å². The Labute approximate surface area is 140 Å². The number of hydrogen-bond donors (Lipinski definition) is 1. The Kier molecular flexibility index (Phi) is 6.09. The van der Waals surface area contributed by atoms with Gasteiger partial charge < -0.3 is 10.0 Å². The molecule has 122 valence electrons. The molecule has 0 aliphatic carbocycles. The van der Waals surface area contributed by atoms with Crippen LogP contribution < -0.4 is 0 Å². The quantitative estimate of drug-likeness (QED) is 0.849. The highest BCUT2D eigenvalue weighted by atomic mass is 16.4. The van der Waals surface area contributed by atoms with E-state index in [-0.39, 0.29) is 30.0 Å². The lowest BCUT2D eigenvalue weighted by molar-refractivity contribution is 0.0676.